The minimum absolute atomic E-state index is 0.107. The zero-order chi connectivity index (χ0) is 19.2. The third-order valence-corrected chi connectivity index (χ3v) is 7.99. The highest BCUT2D eigenvalue weighted by Crippen LogP contribution is 2.37. The van der Waals surface area contributed by atoms with Crippen LogP contribution in [0, 0.1) is 13.8 Å². The summed E-state index contributed by atoms with van der Waals surface area (Å²) in [7, 11) is -3.04. The molecule has 0 radical (unpaired) electrons. The lowest BCUT2D eigenvalue weighted by Gasteiger charge is -2.28. The number of hydrogen-bond acceptors (Lipinski definition) is 5. The van der Waals surface area contributed by atoms with E-state index in [1.54, 1.807) is 11.8 Å². The van der Waals surface area contributed by atoms with Gasteiger partial charge in [0.2, 0.25) is 0 Å². The molecular weight excluding hydrogens is 400 g/mol. The van der Waals surface area contributed by atoms with Crippen LogP contribution in [0.15, 0.2) is 47.5 Å². The van der Waals surface area contributed by atoms with Crippen molar-refractivity contribution < 1.29 is 8.42 Å². The van der Waals surface area contributed by atoms with Gasteiger partial charge in [0.25, 0.3) is 0 Å². The lowest BCUT2D eigenvalue weighted by molar-refractivity contribution is 0.601. The second kappa shape index (κ2) is 7.15. The van der Waals surface area contributed by atoms with E-state index in [0.717, 1.165) is 32.8 Å². The molecule has 142 valence electrons. The zero-order valence-electron chi connectivity index (χ0n) is 15.2. The van der Waals surface area contributed by atoms with E-state index in [4.69, 9.17) is 16.6 Å². The first-order chi connectivity index (χ1) is 12.8. The number of sulfone groups is 1. The van der Waals surface area contributed by atoms with Crippen molar-refractivity contribution in [2.45, 2.75) is 31.7 Å². The largest absolute Gasteiger partial charge is 0.315 e. The summed E-state index contributed by atoms with van der Waals surface area (Å²) in [5.74, 6) is 1.08. The highest BCUT2D eigenvalue weighted by molar-refractivity contribution is 8.13. The smallest absolute Gasteiger partial charge is 0.164 e. The Kier molecular flexibility index (Phi) is 4.99. The van der Waals surface area contributed by atoms with E-state index >= 15 is 0 Å². The maximum atomic E-state index is 12.2. The van der Waals surface area contributed by atoms with Gasteiger partial charge in [0.15, 0.2) is 15.0 Å². The predicted octanol–water partition coefficient (Wildman–Crippen LogP) is 4.23. The van der Waals surface area contributed by atoms with Crippen LogP contribution in [-0.2, 0) is 15.6 Å². The van der Waals surface area contributed by atoms with Crippen LogP contribution in [0.1, 0.15) is 16.7 Å². The maximum Gasteiger partial charge on any atom is 0.164 e. The van der Waals surface area contributed by atoms with Gasteiger partial charge in [-0.05, 0) is 43.2 Å². The van der Waals surface area contributed by atoms with Crippen molar-refractivity contribution >= 4 is 44.1 Å². The van der Waals surface area contributed by atoms with Crippen molar-refractivity contribution in [2.24, 2.45) is 4.99 Å². The number of anilines is 1. The molecule has 2 aliphatic rings. The number of halogens is 1. The number of fused-ring (bicyclic) bond motifs is 1. The van der Waals surface area contributed by atoms with Gasteiger partial charge in [0, 0.05) is 16.5 Å². The number of nitrogens with zero attached hydrogens (tertiary/aromatic N) is 2. The molecular formula is C20H21ClN2O2S2. The minimum atomic E-state index is -3.04. The molecule has 2 heterocycles. The van der Waals surface area contributed by atoms with Gasteiger partial charge in [0.1, 0.15) is 0 Å². The third-order valence-electron chi connectivity index (χ3n) is 5.00. The van der Waals surface area contributed by atoms with Gasteiger partial charge >= 0.3 is 0 Å². The van der Waals surface area contributed by atoms with Gasteiger partial charge in [-0.3, -0.25) is 4.99 Å². The summed E-state index contributed by atoms with van der Waals surface area (Å²) in [6.45, 7) is 4.13. The van der Waals surface area contributed by atoms with Crippen molar-refractivity contribution in [2.75, 3.05) is 16.4 Å². The summed E-state index contributed by atoms with van der Waals surface area (Å²) in [6, 6.07) is 13.8. The number of hydrogen-bond donors (Lipinski definition) is 0. The van der Waals surface area contributed by atoms with E-state index in [1.165, 1.54) is 5.56 Å². The fourth-order valence-electron chi connectivity index (χ4n) is 3.72. The fourth-order valence-corrected chi connectivity index (χ4v) is 6.76. The minimum Gasteiger partial charge on any atom is -0.315 e. The molecule has 2 aromatic carbocycles. The molecule has 0 N–H and O–H groups in total. The van der Waals surface area contributed by atoms with Gasteiger partial charge in [-0.25, -0.2) is 8.42 Å². The standard InChI is InChI=1S/C20H21ClN2O2S2/c1-13-3-8-18(14(2)9-13)23-19-12-27(24,25)11-17(19)22-20(23)26-10-15-4-6-16(21)7-5-15/h3-9,17,19H,10-12H2,1-2H3. The van der Waals surface area contributed by atoms with Crippen molar-refractivity contribution in [1.29, 1.82) is 0 Å². The Hall–Kier alpha value is -1.50. The lowest BCUT2D eigenvalue weighted by atomic mass is 10.1. The van der Waals surface area contributed by atoms with Crippen molar-refractivity contribution in [3.05, 3.63) is 64.2 Å². The van der Waals surface area contributed by atoms with Crippen LogP contribution in [0.3, 0.4) is 0 Å². The van der Waals surface area contributed by atoms with E-state index in [1.807, 2.05) is 24.3 Å². The number of thioether (sulfide) groups is 1. The highest BCUT2D eigenvalue weighted by atomic mass is 35.5. The van der Waals surface area contributed by atoms with E-state index in [9.17, 15) is 8.42 Å². The van der Waals surface area contributed by atoms with Gasteiger partial charge in [0.05, 0.1) is 23.6 Å². The van der Waals surface area contributed by atoms with Gasteiger partial charge in [-0.15, -0.1) is 0 Å². The Morgan fingerprint density at radius 1 is 1.15 bits per heavy atom. The fraction of sp³-hybridized carbons (Fsp3) is 0.350. The highest BCUT2D eigenvalue weighted by Gasteiger charge is 2.47. The number of aliphatic imine (C=N–C) groups is 1. The quantitative estimate of drug-likeness (QED) is 0.745. The number of benzene rings is 2. The van der Waals surface area contributed by atoms with Crippen LogP contribution >= 0.6 is 23.4 Å². The van der Waals surface area contributed by atoms with Gasteiger partial charge < -0.3 is 4.90 Å². The molecule has 7 heteroatoms. The Morgan fingerprint density at radius 2 is 1.89 bits per heavy atom. The van der Waals surface area contributed by atoms with Crippen LogP contribution in [0.5, 0.6) is 0 Å². The molecule has 27 heavy (non-hydrogen) atoms. The van der Waals surface area contributed by atoms with Crippen LogP contribution in [0.25, 0.3) is 0 Å². The molecule has 2 aromatic rings. The van der Waals surface area contributed by atoms with Gasteiger partial charge in [-0.1, -0.05) is 53.2 Å². The summed E-state index contributed by atoms with van der Waals surface area (Å²) in [5.41, 5.74) is 4.54. The van der Waals surface area contributed by atoms with Crippen molar-refractivity contribution in [3.8, 4) is 0 Å². The number of rotatable bonds is 3. The molecule has 1 saturated heterocycles. The second-order valence-electron chi connectivity index (χ2n) is 7.20. The first kappa shape index (κ1) is 18.8. The summed E-state index contributed by atoms with van der Waals surface area (Å²) < 4.78 is 24.3. The first-order valence-electron chi connectivity index (χ1n) is 8.84. The van der Waals surface area contributed by atoms with Crippen LogP contribution < -0.4 is 4.90 Å². The molecule has 0 saturated carbocycles. The molecule has 0 aromatic heterocycles. The maximum absolute atomic E-state index is 12.2. The van der Waals surface area contributed by atoms with E-state index in [0.29, 0.717) is 0 Å². The average molecular weight is 421 g/mol. The molecule has 0 aliphatic carbocycles. The number of aryl methyl sites for hydroxylation is 2. The topological polar surface area (TPSA) is 49.7 Å². The Morgan fingerprint density at radius 3 is 2.59 bits per heavy atom. The monoisotopic (exact) mass is 420 g/mol. The lowest BCUT2D eigenvalue weighted by Crippen LogP contribution is -2.39. The number of amidine groups is 1. The molecule has 2 unspecified atom stereocenters. The second-order valence-corrected chi connectivity index (χ2v) is 10.7. The first-order valence-corrected chi connectivity index (χ1v) is 12.0. The van der Waals surface area contributed by atoms with Crippen LogP contribution in [0.4, 0.5) is 5.69 Å². The molecule has 0 bridgehead atoms. The Balaban J connectivity index is 1.64. The molecule has 2 aliphatic heterocycles. The zero-order valence-corrected chi connectivity index (χ0v) is 17.6. The summed E-state index contributed by atoms with van der Waals surface area (Å²) in [5, 5.41) is 1.63. The summed E-state index contributed by atoms with van der Waals surface area (Å²) in [4.78, 5) is 6.94. The molecule has 0 spiro atoms. The summed E-state index contributed by atoms with van der Waals surface area (Å²) >= 11 is 7.62. The predicted molar refractivity (Wildman–Crippen MR) is 115 cm³/mol. The van der Waals surface area contributed by atoms with Crippen molar-refractivity contribution in [3.63, 3.8) is 0 Å². The van der Waals surface area contributed by atoms with E-state index < -0.39 is 9.84 Å². The summed E-state index contributed by atoms with van der Waals surface area (Å²) in [6.07, 6.45) is 0. The normalized spacial score (nSPS) is 23.4. The van der Waals surface area contributed by atoms with Crippen molar-refractivity contribution in [1.82, 2.24) is 0 Å². The van der Waals surface area contributed by atoms with E-state index in [2.05, 4.69) is 36.9 Å². The molecule has 0 amide bonds. The third kappa shape index (κ3) is 3.89. The SMILES string of the molecule is Cc1ccc(N2C(SCc3ccc(Cl)cc3)=NC3CS(=O)(=O)CC32)c(C)c1. The molecule has 1 fully saturated rings. The Bertz CT molecular complexity index is 1000. The molecule has 2 atom stereocenters. The van der Waals surface area contributed by atoms with Gasteiger partial charge in [-0.2, -0.15) is 0 Å². The molecule has 4 nitrogen and oxygen atoms in total. The molecule has 4 rings (SSSR count). The van der Waals surface area contributed by atoms with E-state index in [-0.39, 0.29) is 23.6 Å². The van der Waals surface area contributed by atoms with Crippen LogP contribution in [0.2, 0.25) is 5.02 Å². The van der Waals surface area contributed by atoms with Crippen LogP contribution in [-0.4, -0.2) is 37.2 Å². The Labute approximate surface area is 169 Å². The average Bonchev–Trinajstić information content (AvgIpc) is 3.06.